The molecule has 12 heteroatoms. The predicted molar refractivity (Wildman–Crippen MR) is 153 cm³/mol. The molecule has 11 nitrogen and oxygen atoms in total. The topological polar surface area (TPSA) is 136 Å². The molecule has 2 aliphatic rings. The largest absolute Gasteiger partial charge is 0.465 e. The number of piperazine rings is 1. The van der Waals surface area contributed by atoms with Crippen molar-refractivity contribution in [3.05, 3.63) is 78.2 Å². The number of rotatable bonds is 7. The number of amides is 2. The molecule has 2 N–H and O–H groups in total. The second kappa shape index (κ2) is 11.6. The first-order chi connectivity index (χ1) is 19.5. The fourth-order valence-electron chi connectivity index (χ4n) is 5.76. The molecule has 1 atom stereocenters. The summed E-state index contributed by atoms with van der Waals surface area (Å²) in [7, 11) is -3.34. The normalized spacial score (nSPS) is 19.7. The molecule has 3 aromatic rings. The van der Waals surface area contributed by atoms with Crippen LogP contribution in [0.4, 0.5) is 4.79 Å². The zero-order chi connectivity index (χ0) is 29.2. The van der Waals surface area contributed by atoms with E-state index in [0.717, 1.165) is 11.1 Å². The zero-order valence-corrected chi connectivity index (χ0v) is 23.8. The summed E-state index contributed by atoms with van der Waals surface area (Å²) >= 11 is 0. The van der Waals surface area contributed by atoms with Crippen LogP contribution >= 0.6 is 0 Å². The number of sulfonamides is 1. The summed E-state index contributed by atoms with van der Waals surface area (Å²) in [6.07, 6.45) is 2.71. The van der Waals surface area contributed by atoms with Gasteiger partial charge in [0.25, 0.3) is 5.91 Å². The third-order valence-corrected chi connectivity index (χ3v) is 9.31. The second-order valence-electron chi connectivity index (χ2n) is 10.9. The second-order valence-corrected chi connectivity index (χ2v) is 12.9. The van der Waals surface area contributed by atoms with Gasteiger partial charge < -0.3 is 24.6 Å². The number of nitrogens with zero attached hydrogens (tertiary/aromatic N) is 5. The Morgan fingerprint density at radius 2 is 1.61 bits per heavy atom. The van der Waals surface area contributed by atoms with Gasteiger partial charge in [-0.15, -0.1) is 0 Å². The van der Waals surface area contributed by atoms with Gasteiger partial charge >= 0.3 is 6.09 Å². The average molecular weight is 582 g/mol. The lowest BCUT2D eigenvalue weighted by atomic mass is 9.92. The van der Waals surface area contributed by atoms with Gasteiger partial charge in [0.05, 0.1) is 36.5 Å². The van der Waals surface area contributed by atoms with Gasteiger partial charge in [-0.3, -0.25) is 4.79 Å². The number of carboxylic acid groups (broad SMARTS) is 1. The van der Waals surface area contributed by atoms with Crippen molar-refractivity contribution < 1.29 is 28.2 Å². The molecule has 2 fully saturated rings. The van der Waals surface area contributed by atoms with Crippen LogP contribution in [0.1, 0.15) is 28.9 Å². The van der Waals surface area contributed by atoms with Crippen LogP contribution in [0.15, 0.2) is 67.0 Å². The fraction of sp³-hybridized carbons (Fsp3) is 0.414. The van der Waals surface area contributed by atoms with E-state index in [9.17, 15) is 28.2 Å². The number of hydrogen-bond donors (Lipinski definition) is 2. The van der Waals surface area contributed by atoms with Crippen molar-refractivity contribution in [2.24, 2.45) is 0 Å². The quantitative estimate of drug-likeness (QED) is 0.437. The number of hydrogen-bond acceptors (Lipinski definition) is 6. The van der Waals surface area contributed by atoms with Gasteiger partial charge in [-0.2, -0.15) is 0 Å². The van der Waals surface area contributed by atoms with Crippen LogP contribution in [-0.4, -0.2) is 105 Å². The minimum absolute atomic E-state index is 0.148. The lowest BCUT2D eigenvalue weighted by molar-refractivity contribution is -0.0190. The Kier molecular flexibility index (Phi) is 8.16. The van der Waals surface area contributed by atoms with E-state index in [1.807, 2.05) is 60.7 Å². The van der Waals surface area contributed by atoms with Gasteiger partial charge in [0.1, 0.15) is 0 Å². The average Bonchev–Trinajstić information content (AvgIpc) is 3.36. The summed E-state index contributed by atoms with van der Waals surface area (Å²) in [5.41, 5.74) is 1.38. The number of imidazole rings is 1. The highest BCUT2D eigenvalue weighted by molar-refractivity contribution is 7.88. The lowest BCUT2D eigenvalue weighted by Gasteiger charge is -2.40. The van der Waals surface area contributed by atoms with Crippen LogP contribution in [0.3, 0.4) is 0 Å². The van der Waals surface area contributed by atoms with E-state index < -0.39 is 21.7 Å². The van der Waals surface area contributed by atoms with E-state index in [1.165, 1.54) is 15.5 Å². The maximum atomic E-state index is 14.2. The molecule has 0 bridgehead atoms. The van der Waals surface area contributed by atoms with E-state index in [4.69, 9.17) is 0 Å². The number of carbonyl (C=O) groups is 2. The highest BCUT2D eigenvalue weighted by Gasteiger charge is 2.38. The summed E-state index contributed by atoms with van der Waals surface area (Å²) in [6, 6.07) is 18.6. The number of piperidine rings is 1. The van der Waals surface area contributed by atoms with Gasteiger partial charge in [0.15, 0.2) is 5.69 Å². The Morgan fingerprint density at radius 1 is 0.976 bits per heavy atom. The van der Waals surface area contributed by atoms with E-state index in [1.54, 1.807) is 15.8 Å². The SMILES string of the molecule is CS(=O)(=O)N1CCC(O)(Cn2cnc(C(=O)N3CCN(C(=O)O)C[C@H]3Cc3ccccc3)c2-c2ccccc2)CC1. The minimum Gasteiger partial charge on any atom is -0.465 e. The number of carbonyl (C=O) groups excluding carboxylic acids is 1. The van der Waals surface area contributed by atoms with E-state index >= 15 is 0 Å². The standard InChI is InChI=1S/C29H35N5O6S/c1-41(39,40)33-14-12-29(38,13-15-33)20-32-21-30-25(26(32)23-10-6-3-7-11-23)27(35)34-17-16-31(28(36)37)19-24(34)18-22-8-4-2-5-9-22/h2-11,21,24,38H,12-20H2,1H3,(H,36,37)/t24-/m1/s1. The first-order valence-electron chi connectivity index (χ1n) is 13.6. The minimum atomic E-state index is -3.34. The lowest BCUT2D eigenvalue weighted by Crippen LogP contribution is -2.57. The van der Waals surface area contributed by atoms with Crippen molar-refractivity contribution in [3.63, 3.8) is 0 Å². The van der Waals surface area contributed by atoms with Gasteiger partial charge in [-0.1, -0.05) is 60.7 Å². The molecule has 218 valence electrons. The van der Waals surface area contributed by atoms with Gasteiger partial charge in [0.2, 0.25) is 10.0 Å². The van der Waals surface area contributed by atoms with Crippen LogP contribution in [0.5, 0.6) is 0 Å². The molecular weight excluding hydrogens is 546 g/mol. The van der Waals surface area contributed by atoms with Gasteiger partial charge in [-0.05, 0) is 24.8 Å². The van der Waals surface area contributed by atoms with Crippen LogP contribution in [-0.2, 0) is 23.0 Å². The molecule has 2 aromatic carbocycles. The van der Waals surface area contributed by atoms with E-state index in [2.05, 4.69) is 4.98 Å². The zero-order valence-electron chi connectivity index (χ0n) is 23.0. The number of benzene rings is 2. The summed E-state index contributed by atoms with van der Waals surface area (Å²) < 4.78 is 27.1. The smallest absolute Gasteiger partial charge is 0.407 e. The molecule has 1 aromatic heterocycles. The van der Waals surface area contributed by atoms with E-state index in [-0.39, 0.29) is 69.8 Å². The Hall–Kier alpha value is -3.74. The molecule has 5 rings (SSSR count). The third-order valence-electron chi connectivity index (χ3n) is 8.00. The summed E-state index contributed by atoms with van der Waals surface area (Å²) in [5.74, 6) is -0.299. The summed E-state index contributed by atoms with van der Waals surface area (Å²) in [5, 5.41) is 21.1. The van der Waals surface area contributed by atoms with Gasteiger partial charge in [-0.25, -0.2) is 22.5 Å². The van der Waals surface area contributed by atoms with Crippen molar-refractivity contribution in [3.8, 4) is 11.3 Å². The molecular formula is C29H35N5O6S. The Labute approximate surface area is 239 Å². The van der Waals surface area contributed by atoms with E-state index in [0.29, 0.717) is 12.1 Å². The molecule has 3 heterocycles. The van der Waals surface area contributed by atoms with Crippen LogP contribution in [0, 0.1) is 0 Å². The molecule has 2 aliphatic heterocycles. The number of aliphatic hydroxyl groups is 1. The van der Waals surface area contributed by atoms with Gasteiger partial charge in [0, 0.05) is 38.3 Å². The molecule has 0 radical (unpaired) electrons. The molecule has 2 saturated heterocycles. The van der Waals surface area contributed by atoms with Crippen molar-refractivity contribution in [1.29, 1.82) is 0 Å². The van der Waals surface area contributed by atoms with Crippen molar-refractivity contribution in [2.75, 3.05) is 39.0 Å². The molecule has 0 spiro atoms. The Balaban J connectivity index is 1.45. The van der Waals surface area contributed by atoms with Crippen LogP contribution < -0.4 is 0 Å². The van der Waals surface area contributed by atoms with Crippen molar-refractivity contribution >= 4 is 22.0 Å². The molecule has 0 unspecified atom stereocenters. The van der Waals surface area contributed by atoms with Crippen LogP contribution in [0.25, 0.3) is 11.3 Å². The Morgan fingerprint density at radius 3 is 2.22 bits per heavy atom. The third kappa shape index (κ3) is 6.45. The molecule has 0 aliphatic carbocycles. The van der Waals surface area contributed by atoms with Crippen molar-refractivity contribution in [2.45, 2.75) is 37.5 Å². The maximum absolute atomic E-state index is 14.2. The summed E-state index contributed by atoms with van der Waals surface area (Å²) in [4.78, 5) is 33.5. The van der Waals surface area contributed by atoms with Crippen molar-refractivity contribution in [1.82, 2.24) is 23.7 Å². The highest BCUT2D eigenvalue weighted by Crippen LogP contribution is 2.31. The summed E-state index contributed by atoms with van der Waals surface area (Å²) in [6.45, 7) is 1.19. The molecule has 0 saturated carbocycles. The monoisotopic (exact) mass is 581 g/mol. The number of aromatic nitrogens is 2. The predicted octanol–water partition coefficient (Wildman–Crippen LogP) is 2.38. The molecule has 41 heavy (non-hydrogen) atoms. The molecule has 2 amide bonds. The fourth-order valence-corrected chi connectivity index (χ4v) is 6.61. The maximum Gasteiger partial charge on any atom is 0.407 e. The first-order valence-corrected chi connectivity index (χ1v) is 15.5. The Bertz CT molecular complexity index is 1490. The highest BCUT2D eigenvalue weighted by atomic mass is 32.2. The van der Waals surface area contributed by atoms with Crippen LogP contribution in [0.2, 0.25) is 0 Å². The first kappa shape index (κ1) is 28.8.